The predicted molar refractivity (Wildman–Crippen MR) is 106 cm³/mol. The number of allylic oxidation sites excluding steroid dienone is 1. The van der Waals surface area contributed by atoms with Gasteiger partial charge in [-0.25, -0.2) is 4.79 Å². The summed E-state index contributed by atoms with van der Waals surface area (Å²) in [6.45, 7) is 0. The first-order chi connectivity index (χ1) is 13.4. The van der Waals surface area contributed by atoms with Crippen molar-refractivity contribution in [2.75, 3.05) is 7.11 Å². The summed E-state index contributed by atoms with van der Waals surface area (Å²) in [4.78, 5) is 37.3. The van der Waals surface area contributed by atoms with Crippen LogP contribution >= 0.6 is 31.9 Å². The zero-order valence-corrected chi connectivity index (χ0v) is 17.6. The number of hydrogen-bond acceptors (Lipinski definition) is 6. The van der Waals surface area contributed by atoms with Crippen LogP contribution in [0.1, 0.15) is 10.4 Å². The molecular formula is C20H12Br2O6. The average Bonchev–Trinajstić information content (AvgIpc) is 2.68. The minimum Gasteiger partial charge on any atom is -0.489 e. The molecule has 0 spiro atoms. The van der Waals surface area contributed by atoms with Gasteiger partial charge < -0.3 is 14.2 Å². The highest BCUT2D eigenvalue weighted by molar-refractivity contribution is 9.10. The van der Waals surface area contributed by atoms with Crippen LogP contribution in [-0.4, -0.2) is 24.6 Å². The fourth-order valence-electron chi connectivity index (χ4n) is 2.30. The molecule has 0 aromatic heterocycles. The molecule has 1 aliphatic carbocycles. The zero-order valence-electron chi connectivity index (χ0n) is 14.4. The highest BCUT2D eigenvalue weighted by Gasteiger charge is 2.34. The molecule has 0 N–H and O–H groups in total. The Morgan fingerprint density at radius 1 is 0.857 bits per heavy atom. The summed E-state index contributed by atoms with van der Waals surface area (Å²) in [5.41, 5.74) is 0.226. The van der Waals surface area contributed by atoms with Gasteiger partial charge in [0.1, 0.15) is 5.75 Å². The van der Waals surface area contributed by atoms with Crippen molar-refractivity contribution in [1.82, 2.24) is 0 Å². The van der Waals surface area contributed by atoms with Gasteiger partial charge in [0, 0.05) is 15.0 Å². The van der Waals surface area contributed by atoms with Gasteiger partial charge in [-0.2, -0.15) is 0 Å². The van der Waals surface area contributed by atoms with E-state index >= 15 is 0 Å². The van der Waals surface area contributed by atoms with Gasteiger partial charge >= 0.3 is 5.97 Å². The molecule has 0 atom stereocenters. The molecule has 0 bridgehead atoms. The highest BCUT2D eigenvalue weighted by atomic mass is 79.9. The maximum atomic E-state index is 12.6. The third-order valence-electron chi connectivity index (χ3n) is 3.64. The number of rotatable bonds is 5. The first-order valence-electron chi connectivity index (χ1n) is 7.89. The average molecular weight is 508 g/mol. The lowest BCUT2D eigenvalue weighted by molar-refractivity contribution is -0.121. The van der Waals surface area contributed by atoms with Gasteiger partial charge in [-0.05, 0) is 48.5 Å². The van der Waals surface area contributed by atoms with Crippen LogP contribution in [0, 0.1) is 0 Å². The van der Waals surface area contributed by atoms with Gasteiger partial charge in [-0.1, -0.05) is 31.9 Å². The second kappa shape index (κ2) is 8.53. The van der Waals surface area contributed by atoms with Crippen LogP contribution in [-0.2, 0) is 19.1 Å². The number of ketones is 2. The second-order valence-electron chi connectivity index (χ2n) is 5.52. The van der Waals surface area contributed by atoms with Crippen molar-refractivity contribution in [2.24, 2.45) is 0 Å². The van der Waals surface area contributed by atoms with Crippen LogP contribution in [0.5, 0.6) is 5.75 Å². The van der Waals surface area contributed by atoms with E-state index in [1.807, 2.05) is 0 Å². The third kappa shape index (κ3) is 4.40. The number of Topliss-reactive ketones (excluding diaryl/α,β-unsaturated/α-hetero) is 1. The molecule has 1 aliphatic rings. The Morgan fingerprint density at radius 3 is 2.00 bits per heavy atom. The molecule has 2 aromatic rings. The van der Waals surface area contributed by atoms with Crippen molar-refractivity contribution >= 4 is 49.4 Å². The van der Waals surface area contributed by atoms with Crippen LogP contribution in [0.3, 0.4) is 0 Å². The van der Waals surface area contributed by atoms with Gasteiger partial charge in [0.15, 0.2) is 5.76 Å². The SMILES string of the molecule is COC1=C(Oc2ccc(Br)cc2)C(=O)C=C(OC(=O)c2ccc(Br)cc2)C1=O. The first kappa shape index (κ1) is 20.0. The maximum Gasteiger partial charge on any atom is 0.343 e. The molecule has 0 saturated carbocycles. The molecule has 0 fully saturated rings. The molecule has 3 rings (SSSR count). The topological polar surface area (TPSA) is 78.9 Å². The summed E-state index contributed by atoms with van der Waals surface area (Å²) in [7, 11) is 1.23. The van der Waals surface area contributed by atoms with E-state index in [2.05, 4.69) is 31.9 Å². The summed E-state index contributed by atoms with van der Waals surface area (Å²) in [6, 6.07) is 13.0. The second-order valence-corrected chi connectivity index (χ2v) is 7.35. The molecule has 0 amide bonds. The lowest BCUT2D eigenvalue weighted by Crippen LogP contribution is -2.26. The molecule has 0 unspecified atom stereocenters. The van der Waals surface area contributed by atoms with Crippen LogP contribution in [0.25, 0.3) is 0 Å². The van der Waals surface area contributed by atoms with Gasteiger partial charge in [-0.15, -0.1) is 0 Å². The van der Waals surface area contributed by atoms with Crippen LogP contribution in [0.2, 0.25) is 0 Å². The van der Waals surface area contributed by atoms with E-state index in [-0.39, 0.29) is 17.1 Å². The molecule has 8 heteroatoms. The van der Waals surface area contributed by atoms with Crippen molar-refractivity contribution in [3.8, 4) is 5.75 Å². The number of carbonyl (C=O) groups is 3. The Kier molecular flexibility index (Phi) is 6.11. The van der Waals surface area contributed by atoms with E-state index in [9.17, 15) is 14.4 Å². The van der Waals surface area contributed by atoms with Crippen molar-refractivity contribution in [3.63, 3.8) is 0 Å². The van der Waals surface area contributed by atoms with Crippen LogP contribution in [0.4, 0.5) is 0 Å². The molecule has 2 aromatic carbocycles. The summed E-state index contributed by atoms with van der Waals surface area (Å²) in [6.07, 6.45) is 0.912. The van der Waals surface area contributed by atoms with Gasteiger partial charge in [0.05, 0.1) is 12.7 Å². The Labute approximate surface area is 177 Å². The molecular weight excluding hydrogens is 496 g/mol. The maximum absolute atomic E-state index is 12.6. The van der Waals surface area contributed by atoms with Crippen molar-refractivity contribution in [1.29, 1.82) is 0 Å². The standard InChI is InChI=1S/C20H12Br2O6/c1-26-19-17(24)16(28-20(25)11-2-4-12(21)5-3-11)10-15(23)18(19)27-14-8-6-13(22)7-9-14/h2-10H,1H3. The molecule has 0 heterocycles. The lowest BCUT2D eigenvalue weighted by atomic mass is 10.1. The monoisotopic (exact) mass is 506 g/mol. The quantitative estimate of drug-likeness (QED) is 0.442. The van der Waals surface area contributed by atoms with Gasteiger partial charge in [0.2, 0.25) is 17.3 Å². The Bertz CT molecular complexity index is 1000. The summed E-state index contributed by atoms with van der Waals surface area (Å²) < 4.78 is 17.3. The Hall–Kier alpha value is -2.71. The number of halogens is 2. The minimum atomic E-state index is -0.771. The first-order valence-corrected chi connectivity index (χ1v) is 9.48. The number of carbonyl (C=O) groups excluding carboxylic acids is 3. The van der Waals surface area contributed by atoms with E-state index < -0.39 is 23.3 Å². The van der Waals surface area contributed by atoms with Crippen molar-refractivity contribution < 1.29 is 28.6 Å². The summed E-state index contributed by atoms with van der Waals surface area (Å²) >= 11 is 6.56. The Balaban J connectivity index is 1.82. The van der Waals surface area contributed by atoms with Gasteiger partial charge in [0.25, 0.3) is 5.78 Å². The smallest absolute Gasteiger partial charge is 0.343 e. The van der Waals surface area contributed by atoms with E-state index in [1.54, 1.807) is 36.4 Å². The zero-order chi connectivity index (χ0) is 20.3. The van der Waals surface area contributed by atoms with Crippen molar-refractivity contribution in [2.45, 2.75) is 0 Å². The minimum absolute atomic E-state index is 0.226. The molecule has 0 saturated heterocycles. The number of ether oxygens (including phenoxy) is 3. The van der Waals surface area contributed by atoms with E-state index in [0.29, 0.717) is 5.75 Å². The van der Waals surface area contributed by atoms with Crippen molar-refractivity contribution in [3.05, 3.63) is 86.4 Å². The fourth-order valence-corrected chi connectivity index (χ4v) is 2.83. The van der Waals surface area contributed by atoms with E-state index in [1.165, 1.54) is 19.2 Å². The molecule has 6 nitrogen and oxygen atoms in total. The van der Waals surface area contributed by atoms with Gasteiger partial charge in [-0.3, -0.25) is 9.59 Å². The number of methoxy groups -OCH3 is 1. The number of hydrogen-bond donors (Lipinski definition) is 0. The van der Waals surface area contributed by atoms with E-state index in [0.717, 1.165) is 15.0 Å². The predicted octanol–water partition coefficient (Wildman–Crippen LogP) is 4.34. The normalized spacial score (nSPS) is 13.9. The lowest BCUT2D eigenvalue weighted by Gasteiger charge is -2.18. The number of benzene rings is 2. The molecule has 0 aliphatic heterocycles. The summed E-state index contributed by atoms with van der Waals surface area (Å²) in [5, 5.41) is 0. The van der Waals surface area contributed by atoms with E-state index in [4.69, 9.17) is 14.2 Å². The molecule has 28 heavy (non-hydrogen) atoms. The third-order valence-corrected chi connectivity index (χ3v) is 4.70. The number of esters is 1. The summed E-state index contributed by atoms with van der Waals surface area (Å²) in [5.74, 6) is -2.90. The molecule has 0 radical (unpaired) electrons. The fraction of sp³-hybridized carbons (Fsp3) is 0.0500. The molecule has 142 valence electrons. The van der Waals surface area contributed by atoms with Crippen LogP contribution < -0.4 is 4.74 Å². The highest BCUT2D eigenvalue weighted by Crippen LogP contribution is 2.26. The van der Waals surface area contributed by atoms with Crippen LogP contribution in [0.15, 0.2) is 80.8 Å². The largest absolute Gasteiger partial charge is 0.489 e. The Morgan fingerprint density at radius 2 is 1.43 bits per heavy atom.